The van der Waals surface area contributed by atoms with E-state index in [-0.39, 0.29) is 13.1 Å². The molecule has 0 aliphatic rings. The van der Waals surface area contributed by atoms with Gasteiger partial charge in [0.25, 0.3) is 11.9 Å². The lowest BCUT2D eigenvalue weighted by molar-refractivity contribution is 0.403. The van der Waals surface area contributed by atoms with Gasteiger partial charge >= 0.3 is 0 Å². The summed E-state index contributed by atoms with van der Waals surface area (Å²) < 4.78 is 58.3. The maximum Gasteiger partial charge on any atom is 0.253 e. The van der Waals surface area contributed by atoms with Gasteiger partial charge in [-0.1, -0.05) is 0 Å². The lowest BCUT2D eigenvalue weighted by atomic mass is 10.3. The van der Waals surface area contributed by atoms with Crippen molar-refractivity contribution in [2.75, 3.05) is 11.4 Å². The first-order valence-corrected chi connectivity index (χ1v) is 5.52. The van der Waals surface area contributed by atoms with Crippen LogP contribution in [0, 0.1) is 23.5 Å². The van der Waals surface area contributed by atoms with Crippen LogP contribution >= 0.6 is 0 Å². The molecule has 0 unspecified atom stereocenters. The van der Waals surface area contributed by atoms with Crippen LogP contribution in [0.25, 0.3) is 0 Å². The summed E-state index contributed by atoms with van der Waals surface area (Å²) in [6.45, 7) is 1.72. The molecule has 2 heterocycles. The molecule has 0 saturated heterocycles. The summed E-state index contributed by atoms with van der Waals surface area (Å²) >= 11 is 0. The number of rotatable bonds is 4. The Morgan fingerprint density at radius 3 is 2.26 bits per heavy atom. The van der Waals surface area contributed by atoms with E-state index in [1.807, 2.05) is 0 Å². The molecule has 0 aliphatic heterocycles. The van der Waals surface area contributed by atoms with Crippen LogP contribution in [-0.2, 0) is 6.54 Å². The predicted octanol–water partition coefficient (Wildman–Crippen LogP) is 3.26. The van der Waals surface area contributed by atoms with Crippen LogP contribution in [0.3, 0.4) is 0 Å². The third kappa shape index (κ3) is 2.54. The zero-order valence-corrected chi connectivity index (χ0v) is 9.96. The number of furan rings is 1. The molecule has 7 heteroatoms. The smallest absolute Gasteiger partial charge is 0.253 e. The van der Waals surface area contributed by atoms with Crippen molar-refractivity contribution in [3.05, 3.63) is 47.7 Å². The molecule has 2 aromatic heterocycles. The fourth-order valence-corrected chi connectivity index (χ4v) is 1.69. The van der Waals surface area contributed by atoms with Gasteiger partial charge in [-0.2, -0.15) is 22.5 Å². The minimum Gasteiger partial charge on any atom is -0.467 e. The van der Waals surface area contributed by atoms with Gasteiger partial charge in [0, 0.05) is 6.54 Å². The number of hydrogen-bond acceptors (Lipinski definition) is 3. The van der Waals surface area contributed by atoms with Crippen molar-refractivity contribution < 1.29 is 22.0 Å². The Balaban J connectivity index is 2.43. The Morgan fingerprint density at radius 2 is 1.79 bits per heavy atom. The Labute approximate surface area is 106 Å². The lowest BCUT2D eigenvalue weighted by Crippen LogP contribution is -2.25. The van der Waals surface area contributed by atoms with Crippen molar-refractivity contribution >= 4 is 5.69 Å². The summed E-state index contributed by atoms with van der Waals surface area (Å²) in [6, 6.07) is 3.19. The molecule has 0 saturated carbocycles. The monoisotopic (exact) mass is 274 g/mol. The van der Waals surface area contributed by atoms with Crippen molar-refractivity contribution in [2.24, 2.45) is 0 Å². The maximum absolute atomic E-state index is 13.6. The molecule has 2 aromatic rings. The van der Waals surface area contributed by atoms with Crippen LogP contribution in [0.1, 0.15) is 12.7 Å². The van der Waals surface area contributed by atoms with Crippen molar-refractivity contribution in [3.8, 4) is 0 Å². The molecule has 0 aliphatic carbocycles. The highest BCUT2D eigenvalue weighted by Crippen LogP contribution is 2.27. The molecule has 2 rings (SSSR count). The van der Waals surface area contributed by atoms with Crippen LogP contribution in [0.2, 0.25) is 0 Å². The number of nitrogens with zero attached hydrogens (tertiary/aromatic N) is 2. The normalized spacial score (nSPS) is 10.8. The van der Waals surface area contributed by atoms with E-state index in [0.717, 1.165) is 4.90 Å². The zero-order valence-electron chi connectivity index (χ0n) is 9.96. The summed E-state index contributed by atoms with van der Waals surface area (Å²) in [7, 11) is 0. The topological polar surface area (TPSA) is 29.3 Å². The fraction of sp³-hybridized carbons (Fsp3) is 0.250. The molecule has 0 amide bonds. The number of anilines is 1. The van der Waals surface area contributed by atoms with E-state index in [4.69, 9.17) is 4.42 Å². The summed E-state index contributed by atoms with van der Waals surface area (Å²) in [5.74, 6) is -5.98. The van der Waals surface area contributed by atoms with Crippen molar-refractivity contribution in [1.29, 1.82) is 0 Å². The number of halogens is 4. The molecule has 0 radical (unpaired) electrons. The molecular formula is C12H10F4N2O. The molecule has 102 valence electrons. The highest BCUT2D eigenvalue weighted by molar-refractivity contribution is 5.48. The first kappa shape index (κ1) is 13.4. The van der Waals surface area contributed by atoms with Gasteiger partial charge < -0.3 is 9.32 Å². The molecule has 0 aromatic carbocycles. The average Bonchev–Trinajstić information content (AvgIpc) is 2.88. The average molecular weight is 274 g/mol. The maximum atomic E-state index is 13.6. The third-order valence-corrected chi connectivity index (χ3v) is 2.60. The summed E-state index contributed by atoms with van der Waals surface area (Å²) in [5.41, 5.74) is -0.788. The van der Waals surface area contributed by atoms with Crippen LogP contribution in [-0.4, -0.2) is 11.5 Å². The molecule has 19 heavy (non-hydrogen) atoms. The van der Waals surface area contributed by atoms with Crippen LogP contribution in [0.4, 0.5) is 23.2 Å². The van der Waals surface area contributed by atoms with Gasteiger partial charge in [-0.15, -0.1) is 0 Å². The highest BCUT2D eigenvalue weighted by atomic mass is 19.2. The second-order valence-corrected chi connectivity index (χ2v) is 3.76. The summed E-state index contributed by atoms with van der Waals surface area (Å²) in [4.78, 5) is 3.64. The molecular weight excluding hydrogens is 264 g/mol. The van der Waals surface area contributed by atoms with Crippen LogP contribution in [0.15, 0.2) is 22.8 Å². The first-order valence-electron chi connectivity index (χ1n) is 5.52. The predicted molar refractivity (Wildman–Crippen MR) is 59.5 cm³/mol. The molecule has 0 fully saturated rings. The Hall–Kier alpha value is -2.05. The van der Waals surface area contributed by atoms with E-state index in [2.05, 4.69) is 4.98 Å². The molecule has 0 bridgehead atoms. The van der Waals surface area contributed by atoms with E-state index in [1.54, 1.807) is 19.1 Å². The number of aromatic nitrogens is 1. The van der Waals surface area contributed by atoms with Gasteiger partial charge in [0.15, 0.2) is 0 Å². The van der Waals surface area contributed by atoms with Crippen LogP contribution < -0.4 is 4.90 Å². The Kier molecular flexibility index (Phi) is 3.73. The minimum atomic E-state index is -1.67. The second kappa shape index (κ2) is 5.29. The van der Waals surface area contributed by atoms with Gasteiger partial charge in [0.2, 0.25) is 11.6 Å². The second-order valence-electron chi connectivity index (χ2n) is 3.76. The van der Waals surface area contributed by atoms with Crippen LogP contribution in [0.5, 0.6) is 0 Å². The van der Waals surface area contributed by atoms with E-state index in [1.165, 1.54) is 6.26 Å². The first-order chi connectivity index (χ1) is 9.04. The van der Waals surface area contributed by atoms with Gasteiger partial charge in [0.05, 0.1) is 12.8 Å². The lowest BCUT2D eigenvalue weighted by Gasteiger charge is -2.22. The summed E-state index contributed by atoms with van der Waals surface area (Å²) in [6.07, 6.45) is 1.39. The highest BCUT2D eigenvalue weighted by Gasteiger charge is 2.25. The van der Waals surface area contributed by atoms with Crippen molar-refractivity contribution in [2.45, 2.75) is 13.5 Å². The van der Waals surface area contributed by atoms with Gasteiger partial charge in [-0.25, -0.2) is 0 Å². The fourth-order valence-electron chi connectivity index (χ4n) is 1.69. The molecule has 0 atom stereocenters. The van der Waals surface area contributed by atoms with E-state index >= 15 is 0 Å². The minimum absolute atomic E-state index is 0.0137. The third-order valence-electron chi connectivity index (χ3n) is 2.60. The standard InChI is InChI=1S/C12H10F4N2O/c1-2-18(6-7-4-3-5-19-7)10-8(13)11(15)17-12(16)9(10)14/h3-5H,2,6H2,1H3. The molecule has 0 spiro atoms. The molecule has 0 N–H and O–H groups in total. The number of pyridine rings is 1. The zero-order chi connectivity index (χ0) is 14.0. The van der Waals surface area contributed by atoms with Crippen molar-refractivity contribution in [1.82, 2.24) is 4.98 Å². The number of hydrogen-bond donors (Lipinski definition) is 0. The Morgan fingerprint density at radius 1 is 1.16 bits per heavy atom. The van der Waals surface area contributed by atoms with E-state index in [0.29, 0.717) is 5.76 Å². The van der Waals surface area contributed by atoms with E-state index in [9.17, 15) is 17.6 Å². The Bertz CT molecular complexity index is 545. The quantitative estimate of drug-likeness (QED) is 0.633. The van der Waals surface area contributed by atoms with Crippen molar-refractivity contribution in [3.63, 3.8) is 0 Å². The largest absolute Gasteiger partial charge is 0.467 e. The van der Waals surface area contributed by atoms with Gasteiger partial charge in [0.1, 0.15) is 11.4 Å². The van der Waals surface area contributed by atoms with Gasteiger partial charge in [-0.3, -0.25) is 0 Å². The summed E-state index contributed by atoms with van der Waals surface area (Å²) in [5, 5.41) is 0. The van der Waals surface area contributed by atoms with E-state index < -0.39 is 29.2 Å². The van der Waals surface area contributed by atoms with Gasteiger partial charge in [-0.05, 0) is 19.1 Å². The SMILES string of the molecule is CCN(Cc1ccco1)c1c(F)c(F)nc(F)c1F. The molecule has 3 nitrogen and oxygen atoms in total.